The van der Waals surface area contributed by atoms with Crippen LogP contribution in [0.2, 0.25) is 0 Å². The lowest BCUT2D eigenvalue weighted by atomic mass is 10.0. The molecule has 0 radical (unpaired) electrons. The Bertz CT molecular complexity index is 1180. The van der Waals surface area contributed by atoms with Crippen LogP contribution in [0, 0.1) is 0 Å². The minimum absolute atomic E-state index is 0.894. The first-order valence-corrected chi connectivity index (χ1v) is 8.07. The highest BCUT2D eigenvalue weighted by Gasteiger charge is 2.13. The molecule has 108 valence electrons. The van der Waals surface area contributed by atoms with Gasteiger partial charge in [0.2, 0.25) is 0 Å². The predicted molar refractivity (Wildman–Crippen MR) is 93.5 cm³/mol. The van der Waals surface area contributed by atoms with Crippen molar-refractivity contribution in [2.24, 2.45) is 0 Å². The molecule has 0 fully saturated rings. The Morgan fingerprint density at radius 2 is 1.78 bits per heavy atom. The number of nitrogens with zero attached hydrogens (tertiary/aromatic N) is 4. The van der Waals surface area contributed by atoms with Crippen molar-refractivity contribution in [3.8, 4) is 11.3 Å². The van der Waals surface area contributed by atoms with Gasteiger partial charge in [0.25, 0.3) is 0 Å². The molecule has 0 bridgehead atoms. The zero-order chi connectivity index (χ0) is 15.2. The van der Waals surface area contributed by atoms with Crippen LogP contribution in [0.3, 0.4) is 0 Å². The van der Waals surface area contributed by atoms with Crippen LogP contribution in [0.5, 0.6) is 0 Å². The van der Waals surface area contributed by atoms with E-state index < -0.39 is 0 Å². The number of hydrogen-bond donors (Lipinski definition) is 0. The third-order valence-corrected chi connectivity index (χ3v) is 5.04. The summed E-state index contributed by atoms with van der Waals surface area (Å²) in [6, 6.07) is 18.6. The maximum absolute atomic E-state index is 4.82. The Hall–Kier alpha value is -2.92. The van der Waals surface area contributed by atoms with Crippen LogP contribution in [0.4, 0.5) is 0 Å². The van der Waals surface area contributed by atoms with E-state index in [1.165, 1.54) is 4.70 Å². The van der Waals surface area contributed by atoms with Crippen molar-refractivity contribution in [1.82, 2.24) is 20.4 Å². The molecular weight excluding hydrogens is 304 g/mol. The van der Waals surface area contributed by atoms with Gasteiger partial charge in [0.1, 0.15) is 5.52 Å². The molecule has 5 rings (SSSR count). The van der Waals surface area contributed by atoms with E-state index >= 15 is 0 Å². The molecule has 3 heterocycles. The molecule has 0 spiro atoms. The van der Waals surface area contributed by atoms with Crippen LogP contribution in [-0.4, -0.2) is 20.4 Å². The van der Waals surface area contributed by atoms with Gasteiger partial charge in [-0.05, 0) is 23.4 Å². The quantitative estimate of drug-likeness (QED) is 0.458. The number of para-hydroxylation sites is 1. The second-order valence-electron chi connectivity index (χ2n) is 5.32. The number of hydrogen-bond acceptors (Lipinski definition) is 5. The van der Waals surface area contributed by atoms with Crippen LogP contribution in [-0.2, 0) is 0 Å². The standard InChI is InChI=1S/C18H10N4S/c1-2-6-13-11(4-1)8-9-14(20-13)12-5-3-7-15-17(12)18-16(23-15)10-19-22-21-18/h1-10H. The highest BCUT2D eigenvalue weighted by atomic mass is 32.1. The Labute approximate surface area is 135 Å². The van der Waals surface area contributed by atoms with Crippen molar-refractivity contribution in [2.75, 3.05) is 0 Å². The molecule has 0 saturated carbocycles. The van der Waals surface area contributed by atoms with Crippen molar-refractivity contribution >= 4 is 42.5 Å². The highest BCUT2D eigenvalue weighted by molar-refractivity contribution is 7.25. The van der Waals surface area contributed by atoms with Gasteiger partial charge in [-0.3, -0.25) is 0 Å². The maximum atomic E-state index is 4.82. The average molecular weight is 314 g/mol. The smallest absolute Gasteiger partial charge is 0.116 e. The van der Waals surface area contributed by atoms with Gasteiger partial charge in [0, 0.05) is 21.0 Å². The van der Waals surface area contributed by atoms with Crippen molar-refractivity contribution in [3.05, 3.63) is 60.8 Å². The lowest BCUT2D eigenvalue weighted by Gasteiger charge is -2.05. The lowest BCUT2D eigenvalue weighted by Crippen LogP contribution is -1.88. The second-order valence-corrected chi connectivity index (χ2v) is 6.40. The minimum Gasteiger partial charge on any atom is -0.248 e. The SMILES string of the molecule is c1ccc2nc(-c3cccc4sc5cnnnc5c34)ccc2c1. The van der Waals surface area contributed by atoms with Gasteiger partial charge in [-0.1, -0.05) is 36.4 Å². The molecule has 23 heavy (non-hydrogen) atoms. The number of pyridine rings is 1. The fraction of sp³-hybridized carbons (Fsp3) is 0. The Kier molecular flexibility index (Phi) is 2.63. The summed E-state index contributed by atoms with van der Waals surface area (Å²) in [6.45, 7) is 0. The van der Waals surface area contributed by atoms with Crippen molar-refractivity contribution < 1.29 is 0 Å². The van der Waals surface area contributed by atoms with Gasteiger partial charge in [0.15, 0.2) is 0 Å². The van der Waals surface area contributed by atoms with Gasteiger partial charge >= 0.3 is 0 Å². The topological polar surface area (TPSA) is 51.6 Å². The van der Waals surface area contributed by atoms with Crippen molar-refractivity contribution in [1.29, 1.82) is 0 Å². The second kappa shape index (κ2) is 4.79. The molecule has 5 heteroatoms. The van der Waals surface area contributed by atoms with E-state index in [9.17, 15) is 0 Å². The van der Waals surface area contributed by atoms with Crippen LogP contribution in [0.15, 0.2) is 60.8 Å². The first-order chi connectivity index (χ1) is 11.4. The van der Waals surface area contributed by atoms with Crippen molar-refractivity contribution in [3.63, 3.8) is 0 Å². The van der Waals surface area contributed by atoms with E-state index in [1.807, 2.05) is 18.2 Å². The summed E-state index contributed by atoms with van der Waals surface area (Å²) >= 11 is 1.68. The van der Waals surface area contributed by atoms with Gasteiger partial charge in [0.05, 0.1) is 22.1 Å². The molecule has 0 N–H and O–H groups in total. The first-order valence-electron chi connectivity index (χ1n) is 7.26. The molecule has 3 aromatic heterocycles. The number of thiophene rings is 1. The number of rotatable bonds is 1. The summed E-state index contributed by atoms with van der Waals surface area (Å²) in [6.07, 6.45) is 1.77. The Morgan fingerprint density at radius 1 is 0.826 bits per heavy atom. The maximum Gasteiger partial charge on any atom is 0.116 e. The monoisotopic (exact) mass is 314 g/mol. The van der Waals surface area contributed by atoms with Gasteiger partial charge in [-0.2, -0.15) is 0 Å². The normalized spacial score (nSPS) is 11.5. The predicted octanol–water partition coefficient (Wildman–Crippen LogP) is 4.45. The molecule has 0 aliphatic heterocycles. The van der Waals surface area contributed by atoms with E-state index in [1.54, 1.807) is 17.5 Å². The van der Waals surface area contributed by atoms with Crippen LogP contribution in [0.25, 0.3) is 42.5 Å². The summed E-state index contributed by atoms with van der Waals surface area (Å²) in [5.74, 6) is 0. The summed E-state index contributed by atoms with van der Waals surface area (Å²) in [7, 11) is 0. The van der Waals surface area contributed by atoms with Gasteiger partial charge in [-0.15, -0.1) is 21.5 Å². The Balaban J connectivity index is 1.87. The molecule has 2 aromatic carbocycles. The molecule has 0 unspecified atom stereocenters. The average Bonchev–Trinajstić information content (AvgIpc) is 3.00. The number of aromatic nitrogens is 4. The molecule has 0 amide bonds. The van der Waals surface area contributed by atoms with Crippen LogP contribution in [0.1, 0.15) is 0 Å². The van der Waals surface area contributed by atoms with Crippen LogP contribution < -0.4 is 0 Å². The minimum atomic E-state index is 0.894. The number of fused-ring (bicyclic) bond motifs is 4. The van der Waals surface area contributed by atoms with Crippen molar-refractivity contribution in [2.45, 2.75) is 0 Å². The summed E-state index contributed by atoms with van der Waals surface area (Å²) in [5.41, 5.74) is 3.92. The van der Waals surface area contributed by atoms with E-state index in [-0.39, 0.29) is 0 Å². The third-order valence-electron chi connectivity index (χ3n) is 3.96. The third kappa shape index (κ3) is 1.90. The number of benzene rings is 2. The molecule has 0 saturated heterocycles. The van der Waals surface area contributed by atoms with Gasteiger partial charge < -0.3 is 0 Å². The summed E-state index contributed by atoms with van der Waals surface area (Å²) in [4.78, 5) is 4.82. The summed E-state index contributed by atoms with van der Waals surface area (Å²) in [5, 5.41) is 14.2. The van der Waals surface area contributed by atoms with E-state index in [0.29, 0.717) is 0 Å². The zero-order valence-electron chi connectivity index (χ0n) is 12.0. The van der Waals surface area contributed by atoms with E-state index in [4.69, 9.17) is 4.98 Å². The fourth-order valence-corrected chi connectivity index (χ4v) is 3.95. The highest BCUT2D eigenvalue weighted by Crippen LogP contribution is 2.38. The molecule has 0 aliphatic rings. The largest absolute Gasteiger partial charge is 0.248 e. The molecule has 0 aliphatic carbocycles. The van der Waals surface area contributed by atoms with Gasteiger partial charge in [-0.25, -0.2) is 4.98 Å². The Morgan fingerprint density at radius 3 is 2.78 bits per heavy atom. The lowest BCUT2D eigenvalue weighted by molar-refractivity contribution is 0.899. The summed E-state index contributed by atoms with van der Waals surface area (Å²) < 4.78 is 2.22. The fourth-order valence-electron chi connectivity index (χ4n) is 2.92. The van der Waals surface area contributed by atoms with E-state index in [0.717, 1.165) is 37.8 Å². The van der Waals surface area contributed by atoms with E-state index in [2.05, 4.69) is 51.8 Å². The first kappa shape index (κ1) is 12.6. The molecular formula is C18H10N4S. The zero-order valence-corrected chi connectivity index (χ0v) is 12.8. The molecule has 5 aromatic rings. The molecule has 0 atom stereocenters. The van der Waals surface area contributed by atoms with Crippen LogP contribution >= 0.6 is 11.3 Å². The molecule has 4 nitrogen and oxygen atoms in total.